The van der Waals surface area contributed by atoms with Crippen LogP contribution in [0.3, 0.4) is 0 Å². The Morgan fingerprint density at radius 1 is 1.25 bits per heavy atom. The minimum absolute atomic E-state index is 0.0302. The van der Waals surface area contributed by atoms with Crippen molar-refractivity contribution in [2.75, 3.05) is 6.54 Å². The summed E-state index contributed by atoms with van der Waals surface area (Å²) in [6.07, 6.45) is 5.29. The van der Waals surface area contributed by atoms with Crippen LogP contribution in [0.1, 0.15) is 52.9 Å². The van der Waals surface area contributed by atoms with E-state index in [9.17, 15) is 4.79 Å². The molecule has 2 rings (SSSR count). The average molecular weight is 224 g/mol. The van der Waals surface area contributed by atoms with E-state index >= 15 is 0 Å². The Kier molecular flexibility index (Phi) is 2.77. The second-order valence-electron chi connectivity index (χ2n) is 6.29. The van der Waals surface area contributed by atoms with Crippen LogP contribution in [-0.4, -0.2) is 28.9 Å². The van der Waals surface area contributed by atoms with E-state index in [1.54, 1.807) is 0 Å². The molecule has 0 aromatic rings. The van der Waals surface area contributed by atoms with Crippen LogP contribution >= 0.6 is 0 Å². The molecule has 2 unspecified atom stereocenters. The number of likely N-dealkylation sites (tertiary alicyclic amines) is 1. The molecule has 2 N–H and O–H groups in total. The monoisotopic (exact) mass is 224 g/mol. The van der Waals surface area contributed by atoms with Crippen molar-refractivity contribution < 1.29 is 4.79 Å². The quantitative estimate of drug-likeness (QED) is 0.739. The van der Waals surface area contributed by atoms with Crippen LogP contribution in [0.15, 0.2) is 0 Å². The van der Waals surface area contributed by atoms with Crippen LogP contribution in [0, 0.1) is 5.41 Å². The number of rotatable bonds is 1. The molecule has 3 heteroatoms. The molecule has 1 saturated heterocycles. The first-order chi connectivity index (χ1) is 7.38. The number of carbonyl (C=O) groups is 1. The zero-order valence-corrected chi connectivity index (χ0v) is 10.8. The van der Waals surface area contributed by atoms with Gasteiger partial charge in [-0.15, -0.1) is 0 Å². The van der Waals surface area contributed by atoms with Gasteiger partial charge in [-0.3, -0.25) is 4.79 Å². The van der Waals surface area contributed by atoms with E-state index in [-0.39, 0.29) is 17.0 Å². The number of hydrogen-bond donors (Lipinski definition) is 1. The molecule has 0 bridgehead atoms. The van der Waals surface area contributed by atoms with E-state index in [1.165, 1.54) is 0 Å². The predicted molar refractivity (Wildman–Crippen MR) is 65.0 cm³/mol. The van der Waals surface area contributed by atoms with Crippen molar-refractivity contribution in [2.24, 2.45) is 11.1 Å². The summed E-state index contributed by atoms with van der Waals surface area (Å²) in [5.41, 5.74) is 5.85. The Labute approximate surface area is 98.4 Å². The SMILES string of the molecule is CC1(C(=O)N2CCCC2(C)C)CCCC1N. The highest BCUT2D eigenvalue weighted by Crippen LogP contribution is 2.41. The number of nitrogens with zero attached hydrogens (tertiary/aromatic N) is 1. The van der Waals surface area contributed by atoms with Gasteiger partial charge >= 0.3 is 0 Å². The average Bonchev–Trinajstić information content (AvgIpc) is 2.71. The third kappa shape index (κ3) is 1.65. The fourth-order valence-corrected chi connectivity index (χ4v) is 3.25. The van der Waals surface area contributed by atoms with Gasteiger partial charge in [-0.1, -0.05) is 6.42 Å². The molecule has 1 saturated carbocycles. The highest BCUT2D eigenvalue weighted by molar-refractivity contribution is 5.84. The molecular weight excluding hydrogens is 200 g/mol. The Morgan fingerprint density at radius 2 is 1.94 bits per heavy atom. The largest absolute Gasteiger partial charge is 0.337 e. The summed E-state index contributed by atoms with van der Waals surface area (Å²) in [4.78, 5) is 14.7. The summed E-state index contributed by atoms with van der Waals surface area (Å²) in [5, 5.41) is 0. The van der Waals surface area contributed by atoms with Gasteiger partial charge in [-0.05, 0) is 46.5 Å². The summed E-state index contributed by atoms with van der Waals surface area (Å²) in [6, 6.07) is 0.0522. The lowest BCUT2D eigenvalue weighted by Crippen LogP contribution is -2.53. The third-order valence-corrected chi connectivity index (χ3v) is 4.66. The molecule has 1 amide bonds. The maximum atomic E-state index is 12.6. The zero-order chi connectivity index (χ0) is 12.0. The first-order valence-electron chi connectivity index (χ1n) is 6.45. The van der Waals surface area contributed by atoms with E-state index in [0.717, 1.165) is 38.6 Å². The topological polar surface area (TPSA) is 46.3 Å². The van der Waals surface area contributed by atoms with Crippen molar-refractivity contribution >= 4 is 5.91 Å². The summed E-state index contributed by atoms with van der Waals surface area (Å²) in [6.45, 7) is 7.30. The van der Waals surface area contributed by atoms with Crippen molar-refractivity contribution in [1.29, 1.82) is 0 Å². The predicted octanol–water partition coefficient (Wildman–Crippen LogP) is 1.90. The molecule has 1 aliphatic carbocycles. The molecule has 1 aliphatic heterocycles. The van der Waals surface area contributed by atoms with Crippen LogP contribution in [-0.2, 0) is 4.79 Å². The van der Waals surface area contributed by atoms with Gasteiger partial charge in [0, 0.05) is 18.1 Å². The van der Waals surface area contributed by atoms with Gasteiger partial charge in [0.1, 0.15) is 0 Å². The molecule has 2 fully saturated rings. The number of nitrogens with two attached hydrogens (primary N) is 1. The highest BCUT2D eigenvalue weighted by atomic mass is 16.2. The normalized spacial score (nSPS) is 38.0. The maximum Gasteiger partial charge on any atom is 0.230 e. The molecular formula is C13H24N2O. The molecule has 16 heavy (non-hydrogen) atoms. The van der Waals surface area contributed by atoms with Crippen molar-refractivity contribution in [3.05, 3.63) is 0 Å². The zero-order valence-electron chi connectivity index (χ0n) is 10.8. The number of amides is 1. The van der Waals surface area contributed by atoms with Gasteiger partial charge in [0.2, 0.25) is 5.91 Å². The second kappa shape index (κ2) is 3.73. The van der Waals surface area contributed by atoms with Gasteiger partial charge in [0.05, 0.1) is 5.41 Å². The Hall–Kier alpha value is -0.570. The Balaban J connectivity index is 2.19. The molecule has 92 valence electrons. The van der Waals surface area contributed by atoms with E-state index in [0.29, 0.717) is 5.91 Å². The van der Waals surface area contributed by atoms with Crippen LogP contribution in [0.25, 0.3) is 0 Å². The lowest BCUT2D eigenvalue weighted by atomic mass is 9.82. The Bertz CT molecular complexity index is 300. The van der Waals surface area contributed by atoms with Crippen LogP contribution < -0.4 is 5.73 Å². The molecule has 0 spiro atoms. The smallest absolute Gasteiger partial charge is 0.230 e. The van der Waals surface area contributed by atoms with Crippen molar-refractivity contribution in [2.45, 2.75) is 64.5 Å². The van der Waals surface area contributed by atoms with Gasteiger partial charge in [0.15, 0.2) is 0 Å². The minimum Gasteiger partial charge on any atom is -0.337 e. The van der Waals surface area contributed by atoms with E-state index in [1.807, 2.05) is 0 Å². The van der Waals surface area contributed by atoms with Gasteiger partial charge in [-0.25, -0.2) is 0 Å². The van der Waals surface area contributed by atoms with Crippen LogP contribution in [0.2, 0.25) is 0 Å². The first kappa shape index (κ1) is 11.9. The third-order valence-electron chi connectivity index (χ3n) is 4.66. The summed E-state index contributed by atoms with van der Waals surface area (Å²) in [7, 11) is 0. The number of hydrogen-bond acceptors (Lipinski definition) is 2. The molecule has 3 nitrogen and oxygen atoms in total. The molecule has 2 atom stereocenters. The molecule has 0 aromatic heterocycles. The molecule has 1 heterocycles. The molecule has 0 aromatic carbocycles. The number of carbonyl (C=O) groups excluding carboxylic acids is 1. The lowest BCUT2D eigenvalue weighted by Gasteiger charge is -2.39. The van der Waals surface area contributed by atoms with Crippen LogP contribution in [0.4, 0.5) is 0 Å². The fourth-order valence-electron chi connectivity index (χ4n) is 3.25. The minimum atomic E-state index is -0.304. The van der Waals surface area contributed by atoms with Gasteiger partial charge in [-0.2, -0.15) is 0 Å². The molecule has 0 radical (unpaired) electrons. The lowest BCUT2D eigenvalue weighted by molar-refractivity contribution is -0.145. The first-order valence-corrected chi connectivity index (χ1v) is 6.45. The van der Waals surface area contributed by atoms with Crippen LogP contribution in [0.5, 0.6) is 0 Å². The van der Waals surface area contributed by atoms with Crippen molar-refractivity contribution in [3.63, 3.8) is 0 Å². The summed E-state index contributed by atoms with van der Waals surface area (Å²) < 4.78 is 0. The van der Waals surface area contributed by atoms with E-state index in [2.05, 4.69) is 25.7 Å². The molecule has 2 aliphatic rings. The summed E-state index contributed by atoms with van der Waals surface area (Å²) >= 11 is 0. The van der Waals surface area contributed by atoms with Gasteiger partial charge < -0.3 is 10.6 Å². The Morgan fingerprint density at radius 3 is 2.38 bits per heavy atom. The standard InChI is InChI=1S/C13H24N2O/c1-12(2)7-5-9-15(12)11(16)13(3)8-4-6-10(13)14/h10H,4-9,14H2,1-3H3. The highest BCUT2D eigenvalue weighted by Gasteiger charge is 2.48. The van der Waals surface area contributed by atoms with Crippen molar-refractivity contribution in [3.8, 4) is 0 Å². The van der Waals surface area contributed by atoms with E-state index in [4.69, 9.17) is 5.73 Å². The summed E-state index contributed by atoms with van der Waals surface area (Å²) in [5.74, 6) is 0.292. The fraction of sp³-hybridized carbons (Fsp3) is 0.923. The maximum absolute atomic E-state index is 12.6. The second-order valence-corrected chi connectivity index (χ2v) is 6.29. The van der Waals surface area contributed by atoms with Gasteiger partial charge in [0.25, 0.3) is 0 Å². The van der Waals surface area contributed by atoms with E-state index < -0.39 is 0 Å². The van der Waals surface area contributed by atoms with Crippen molar-refractivity contribution in [1.82, 2.24) is 4.90 Å².